The molecule has 0 atom stereocenters. The fraction of sp³-hybridized carbons (Fsp3) is 0.176. The van der Waals surface area contributed by atoms with Crippen LogP contribution in [0.4, 0.5) is 10.5 Å². The van der Waals surface area contributed by atoms with Crippen LogP contribution in [0.3, 0.4) is 0 Å². The predicted octanol–water partition coefficient (Wildman–Crippen LogP) is 2.49. The Hall–Kier alpha value is -3.22. The minimum atomic E-state index is -0.525. The van der Waals surface area contributed by atoms with Crippen molar-refractivity contribution in [1.29, 1.82) is 0 Å². The number of rotatable bonds is 5. The van der Waals surface area contributed by atoms with E-state index in [9.17, 15) is 9.59 Å². The number of H-pyrrole nitrogens is 1. The first-order valence-electron chi connectivity index (χ1n) is 7.45. The smallest absolute Gasteiger partial charge is 0.417 e. The van der Waals surface area contributed by atoms with E-state index in [1.165, 1.54) is 0 Å². The summed E-state index contributed by atoms with van der Waals surface area (Å²) in [6.07, 6.45) is 0.656. The first-order chi connectivity index (χ1) is 11.7. The van der Waals surface area contributed by atoms with E-state index in [1.807, 2.05) is 24.3 Å². The number of hydrogen-bond donors (Lipinski definition) is 3. The number of ether oxygens (including phenoxy) is 1. The highest BCUT2D eigenvalue weighted by molar-refractivity contribution is 5.91. The molecule has 2 aromatic carbocycles. The molecule has 0 saturated carbocycles. The molecule has 0 aliphatic carbocycles. The molecule has 0 unspecified atom stereocenters. The molecule has 2 amide bonds. The molecule has 0 aliphatic heterocycles. The van der Waals surface area contributed by atoms with Crippen LogP contribution in [0.15, 0.2) is 51.7 Å². The lowest BCUT2D eigenvalue weighted by molar-refractivity contribution is 0.252. The van der Waals surface area contributed by atoms with Crippen LogP contribution < -0.4 is 21.1 Å². The van der Waals surface area contributed by atoms with Gasteiger partial charge in [-0.2, -0.15) is 0 Å². The van der Waals surface area contributed by atoms with Crippen molar-refractivity contribution in [2.24, 2.45) is 0 Å². The number of amides is 2. The van der Waals surface area contributed by atoms with Crippen LogP contribution in [0.2, 0.25) is 0 Å². The quantitative estimate of drug-likeness (QED) is 0.671. The maximum absolute atomic E-state index is 11.9. The van der Waals surface area contributed by atoms with Gasteiger partial charge < -0.3 is 19.8 Å². The highest BCUT2D eigenvalue weighted by Gasteiger charge is 2.06. The summed E-state index contributed by atoms with van der Waals surface area (Å²) >= 11 is 0. The van der Waals surface area contributed by atoms with Gasteiger partial charge in [-0.25, -0.2) is 9.59 Å². The van der Waals surface area contributed by atoms with Gasteiger partial charge in [0.15, 0.2) is 5.58 Å². The van der Waals surface area contributed by atoms with E-state index in [4.69, 9.17) is 9.15 Å². The fourth-order valence-electron chi connectivity index (χ4n) is 2.42. The zero-order valence-corrected chi connectivity index (χ0v) is 13.1. The normalized spacial score (nSPS) is 10.5. The topological polar surface area (TPSA) is 96.4 Å². The van der Waals surface area contributed by atoms with Crippen molar-refractivity contribution < 1.29 is 13.9 Å². The van der Waals surface area contributed by atoms with Crippen LogP contribution >= 0.6 is 0 Å². The van der Waals surface area contributed by atoms with Crippen molar-refractivity contribution in [3.05, 3.63) is 58.6 Å². The average Bonchev–Trinajstić information content (AvgIpc) is 2.94. The van der Waals surface area contributed by atoms with E-state index in [2.05, 4.69) is 15.6 Å². The number of carbonyl (C=O) groups is 1. The van der Waals surface area contributed by atoms with Gasteiger partial charge in [0.2, 0.25) is 0 Å². The summed E-state index contributed by atoms with van der Waals surface area (Å²) in [6, 6.07) is 12.3. The highest BCUT2D eigenvalue weighted by Crippen LogP contribution is 2.18. The van der Waals surface area contributed by atoms with Crippen LogP contribution in [0.1, 0.15) is 5.56 Å². The Bertz CT molecular complexity index is 913. The number of aromatic amines is 1. The number of aromatic nitrogens is 1. The van der Waals surface area contributed by atoms with E-state index in [-0.39, 0.29) is 6.03 Å². The molecule has 0 spiro atoms. The Balaban J connectivity index is 1.55. The molecule has 3 rings (SSSR count). The van der Waals surface area contributed by atoms with Gasteiger partial charge in [0.25, 0.3) is 0 Å². The second-order valence-corrected chi connectivity index (χ2v) is 5.17. The molecule has 0 fully saturated rings. The minimum Gasteiger partial charge on any atom is -0.496 e. The minimum absolute atomic E-state index is 0.331. The number of anilines is 1. The third kappa shape index (κ3) is 3.57. The molecule has 3 N–H and O–H groups in total. The lowest BCUT2D eigenvalue weighted by Gasteiger charge is -2.10. The van der Waals surface area contributed by atoms with Gasteiger partial charge in [-0.15, -0.1) is 0 Å². The number of fused-ring (bicyclic) bond motifs is 1. The van der Waals surface area contributed by atoms with Crippen LogP contribution in [-0.4, -0.2) is 24.7 Å². The van der Waals surface area contributed by atoms with E-state index in [0.29, 0.717) is 29.8 Å². The first-order valence-corrected chi connectivity index (χ1v) is 7.45. The maximum Gasteiger partial charge on any atom is 0.417 e. The van der Waals surface area contributed by atoms with Crippen LogP contribution in [0, 0.1) is 0 Å². The molecular weight excluding hydrogens is 310 g/mol. The SMILES string of the molecule is COc1ccccc1CCNC(=O)Nc1ccc2[nH]c(=O)oc2c1. The summed E-state index contributed by atoms with van der Waals surface area (Å²) in [4.78, 5) is 25.6. The van der Waals surface area contributed by atoms with Crippen molar-refractivity contribution in [2.75, 3.05) is 19.0 Å². The Kier molecular flexibility index (Phi) is 4.51. The second kappa shape index (κ2) is 6.91. The van der Waals surface area contributed by atoms with E-state index in [0.717, 1.165) is 11.3 Å². The molecule has 7 heteroatoms. The summed E-state index contributed by atoms with van der Waals surface area (Å²) in [5.41, 5.74) is 2.55. The molecule has 1 heterocycles. The van der Waals surface area contributed by atoms with Gasteiger partial charge in [-0.05, 0) is 30.2 Å². The number of methoxy groups -OCH3 is 1. The molecule has 7 nitrogen and oxygen atoms in total. The van der Waals surface area contributed by atoms with Crippen LogP contribution in [-0.2, 0) is 6.42 Å². The van der Waals surface area contributed by atoms with Crippen molar-refractivity contribution in [1.82, 2.24) is 10.3 Å². The number of carbonyl (C=O) groups excluding carboxylic acids is 1. The Labute approximate surface area is 137 Å². The summed E-state index contributed by atoms with van der Waals surface area (Å²) in [7, 11) is 1.62. The summed E-state index contributed by atoms with van der Waals surface area (Å²) in [5.74, 6) is 0.274. The van der Waals surface area contributed by atoms with Gasteiger partial charge in [0, 0.05) is 18.3 Å². The van der Waals surface area contributed by atoms with Gasteiger partial charge in [0.05, 0.1) is 12.6 Å². The molecule has 0 radical (unpaired) electrons. The first kappa shape index (κ1) is 15.7. The summed E-state index contributed by atoms with van der Waals surface area (Å²) in [6.45, 7) is 0.466. The zero-order chi connectivity index (χ0) is 16.9. The lowest BCUT2D eigenvalue weighted by atomic mass is 10.1. The van der Waals surface area contributed by atoms with E-state index < -0.39 is 5.76 Å². The zero-order valence-electron chi connectivity index (χ0n) is 13.1. The Morgan fingerprint density at radius 3 is 2.92 bits per heavy atom. The van der Waals surface area contributed by atoms with Gasteiger partial charge in [0.1, 0.15) is 5.75 Å². The van der Waals surface area contributed by atoms with Gasteiger partial charge in [-0.3, -0.25) is 4.98 Å². The Morgan fingerprint density at radius 1 is 1.25 bits per heavy atom. The standard InChI is InChI=1S/C17H17N3O4/c1-23-14-5-3-2-4-11(14)8-9-18-16(21)19-12-6-7-13-15(10-12)24-17(22)20-13/h2-7,10H,8-9H2,1H3,(H,20,22)(H2,18,19,21). The number of para-hydroxylation sites is 1. The lowest BCUT2D eigenvalue weighted by Crippen LogP contribution is -2.30. The van der Waals surface area contributed by atoms with Crippen molar-refractivity contribution >= 4 is 22.8 Å². The van der Waals surface area contributed by atoms with Crippen molar-refractivity contribution in [2.45, 2.75) is 6.42 Å². The number of urea groups is 1. The monoisotopic (exact) mass is 327 g/mol. The third-order valence-corrected chi connectivity index (χ3v) is 3.55. The van der Waals surface area contributed by atoms with Gasteiger partial charge in [-0.1, -0.05) is 18.2 Å². The van der Waals surface area contributed by atoms with E-state index in [1.54, 1.807) is 25.3 Å². The second-order valence-electron chi connectivity index (χ2n) is 5.17. The van der Waals surface area contributed by atoms with Crippen molar-refractivity contribution in [3.8, 4) is 5.75 Å². The van der Waals surface area contributed by atoms with Gasteiger partial charge >= 0.3 is 11.8 Å². The largest absolute Gasteiger partial charge is 0.496 e. The summed E-state index contributed by atoms with van der Waals surface area (Å²) < 4.78 is 10.2. The summed E-state index contributed by atoms with van der Waals surface area (Å²) in [5, 5.41) is 5.48. The molecule has 24 heavy (non-hydrogen) atoms. The van der Waals surface area contributed by atoms with Crippen molar-refractivity contribution in [3.63, 3.8) is 0 Å². The molecule has 0 saturated heterocycles. The number of hydrogen-bond acceptors (Lipinski definition) is 4. The number of nitrogens with one attached hydrogen (secondary N) is 3. The number of oxazole rings is 1. The van der Waals surface area contributed by atoms with E-state index >= 15 is 0 Å². The third-order valence-electron chi connectivity index (χ3n) is 3.55. The molecule has 124 valence electrons. The maximum atomic E-state index is 11.9. The number of benzene rings is 2. The predicted molar refractivity (Wildman–Crippen MR) is 90.6 cm³/mol. The van der Waals surface area contributed by atoms with Crippen LogP contribution in [0.5, 0.6) is 5.75 Å². The van der Waals surface area contributed by atoms with Crippen LogP contribution in [0.25, 0.3) is 11.1 Å². The molecule has 1 aromatic heterocycles. The molecule has 0 bridgehead atoms. The molecule has 0 aliphatic rings. The average molecular weight is 327 g/mol. The molecular formula is C17H17N3O4. The fourth-order valence-corrected chi connectivity index (χ4v) is 2.42. The highest BCUT2D eigenvalue weighted by atomic mass is 16.5. The Morgan fingerprint density at radius 2 is 2.08 bits per heavy atom. The molecule has 3 aromatic rings.